The van der Waals surface area contributed by atoms with Gasteiger partial charge in [0.1, 0.15) is 48.5 Å². The lowest BCUT2D eigenvalue weighted by molar-refractivity contribution is -0.370. The summed E-state index contributed by atoms with van der Waals surface area (Å²) in [5, 5.41) is 62.9. The molecule has 3 heterocycles. The van der Waals surface area contributed by atoms with Gasteiger partial charge in [-0.3, -0.25) is 4.79 Å². The molecule has 3 saturated heterocycles. The lowest BCUT2D eigenvalue weighted by atomic mass is 9.44. The zero-order valence-electron chi connectivity index (χ0n) is 32.4. The Hall–Kier alpha value is -0.810. The van der Waals surface area contributed by atoms with Crippen molar-refractivity contribution in [2.45, 2.75) is 179 Å². The molecule has 4 saturated carbocycles. The molecule has 7 rings (SSSR count). The number of aliphatic hydroxyl groups excluding tert-OH is 6. The predicted molar refractivity (Wildman–Crippen MR) is 189 cm³/mol. The van der Waals surface area contributed by atoms with E-state index in [1.807, 2.05) is 0 Å². The van der Waals surface area contributed by atoms with Crippen molar-refractivity contribution in [3.63, 3.8) is 0 Å². The van der Waals surface area contributed by atoms with E-state index < -0.39 is 74.1 Å². The number of hydrogen-bond acceptors (Lipinski definition) is 13. The second kappa shape index (κ2) is 15.5. The van der Waals surface area contributed by atoms with Gasteiger partial charge < -0.3 is 59.1 Å². The molecule has 9 unspecified atom stereocenters. The van der Waals surface area contributed by atoms with Crippen LogP contribution in [0.4, 0.5) is 0 Å². The van der Waals surface area contributed by atoms with Crippen LogP contribution in [0.3, 0.4) is 0 Å². The van der Waals surface area contributed by atoms with E-state index in [2.05, 4.69) is 27.7 Å². The molecule has 13 heteroatoms. The highest BCUT2D eigenvalue weighted by Gasteiger charge is 2.63. The molecule has 6 N–H and O–H groups in total. The molecule has 22 atom stereocenters. The number of carbonyl (C=O) groups excluding carboxylic acids is 1. The van der Waals surface area contributed by atoms with E-state index in [9.17, 15) is 35.4 Å². The third kappa shape index (κ3) is 6.98. The Balaban J connectivity index is 1.03. The molecule has 0 radical (unpaired) electrons. The first-order chi connectivity index (χ1) is 25.1. The Morgan fingerprint density at radius 1 is 0.774 bits per heavy atom. The predicted octanol–water partition coefficient (Wildman–Crippen LogP) is 2.28. The minimum atomic E-state index is -1.65. The van der Waals surface area contributed by atoms with Crippen LogP contribution in [0.25, 0.3) is 0 Å². The summed E-state index contributed by atoms with van der Waals surface area (Å²) >= 11 is 0. The van der Waals surface area contributed by atoms with Crippen LogP contribution in [0.2, 0.25) is 0 Å². The van der Waals surface area contributed by atoms with Crippen LogP contribution in [-0.4, -0.2) is 130 Å². The van der Waals surface area contributed by atoms with Crippen molar-refractivity contribution >= 4 is 5.78 Å². The van der Waals surface area contributed by atoms with Crippen LogP contribution in [0, 0.1) is 52.3 Å². The van der Waals surface area contributed by atoms with E-state index in [-0.39, 0.29) is 34.9 Å². The molecule has 7 fully saturated rings. The number of rotatable bonds is 8. The number of Topliss-reactive ketones (excluding diaryl/α,β-unsaturated/α-hetero) is 1. The third-order valence-corrected chi connectivity index (χ3v) is 15.9. The zero-order chi connectivity index (χ0) is 38.1. The second-order valence-corrected chi connectivity index (χ2v) is 18.5. The van der Waals surface area contributed by atoms with E-state index in [1.165, 1.54) is 13.3 Å². The first kappa shape index (κ1) is 40.4. The number of carbonyl (C=O) groups is 1. The molecule has 0 amide bonds. The van der Waals surface area contributed by atoms with Gasteiger partial charge in [-0.2, -0.15) is 0 Å². The Kier molecular flexibility index (Phi) is 11.8. The number of methoxy groups -OCH3 is 1. The van der Waals surface area contributed by atoms with Crippen LogP contribution in [0.5, 0.6) is 0 Å². The van der Waals surface area contributed by atoms with Gasteiger partial charge in [-0.1, -0.05) is 27.7 Å². The Morgan fingerprint density at radius 3 is 2.21 bits per heavy atom. The molecular weight excluding hydrogens is 688 g/mol. The average Bonchev–Trinajstić information content (AvgIpc) is 3.50. The number of aliphatic hydroxyl groups is 6. The van der Waals surface area contributed by atoms with Crippen LogP contribution < -0.4 is 0 Å². The minimum absolute atomic E-state index is 0.147. The zero-order valence-corrected chi connectivity index (χ0v) is 32.4. The number of hydrogen-bond donors (Lipinski definition) is 6. The first-order valence-corrected chi connectivity index (χ1v) is 20.5. The molecule has 0 aromatic carbocycles. The van der Waals surface area contributed by atoms with E-state index >= 15 is 0 Å². The van der Waals surface area contributed by atoms with Gasteiger partial charge in [0.25, 0.3) is 0 Å². The second-order valence-electron chi connectivity index (χ2n) is 18.5. The highest BCUT2D eigenvalue weighted by Crippen LogP contribution is 2.68. The van der Waals surface area contributed by atoms with Gasteiger partial charge in [-0.15, -0.1) is 0 Å². The number of fused-ring (bicyclic) bond motifs is 5. The van der Waals surface area contributed by atoms with Crippen molar-refractivity contribution in [3.8, 4) is 0 Å². The summed E-state index contributed by atoms with van der Waals surface area (Å²) in [5.74, 6) is 2.76. The first-order valence-electron chi connectivity index (χ1n) is 20.5. The quantitative estimate of drug-likeness (QED) is 0.198. The Labute approximate surface area is 314 Å². The largest absolute Gasteiger partial charge is 0.394 e. The molecule has 7 aliphatic rings. The highest BCUT2D eigenvalue weighted by molar-refractivity contribution is 5.83. The Morgan fingerprint density at radius 2 is 1.49 bits per heavy atom. The maximum absolute atomic E-state index is 14.3. The van der Waals surface area contributed by atoms with Crippen LogP contribution in [-0.2, 0) is 33.2 Å². The minimum Gasteiger partial charge on any atom is -0.394 e. The van der Waals surface area contributed by atoms with E-state index in [1.54, 1.807) is 7.11 Å². The molecule has 0 bridgehead atoms. The molecule has 0 spiro atoms. The maximum Gasteiger partial charge on any atom is 0.187 e. The SMILES string of the molecule is COC1OC(C(C)C2CCC3C4CC(=O)C5C[C@@H](O[C@@H]6O[C@H](CO)[C@@H](O)[C@H](O)[C@H]6O[C@@H]6O[C@@H](C)[C@H](O)[C@@H](O)[C@H]6O)CC[C@]5(C)C4CC[C@]23C)CCC1C. The number of ketones is 1. The lowest BCUT2D eigenvalue weighted by Gasteiger charge is -2.61. The molecule has 0 aromatic heterocycles. The average molecular weight is 755 g/mol. The summed E-state index contributed by atoms with van der Waals surface area (Å²) in [4.78, 5) is 14.3. The smallest absolute Gasteiger partial charge is 0.187 e. The fraction of sp³-hybridized carbons (Fsp3) is 0.975. The van der Waals surface area contributed by atoms with Gasteiger partial charge in [0.15, 0.2) is 18.9 Å². The molecule has 4 aliphatic carbocycles. The summed E-state index contributed by atoms with van der Waals surface area (Å²) in [5.41, 5.74) is 0.00190. The summed E-state index contributed by atoms with van der Waals surface area (Å²) < 4.78 is 36.2. The number of ether oxygens (including phenoxy) is 6. The van der Waals surface area contributed by atoms with Crippen LogP contribution in [0.15, 0.2) is 0 Å². The van der Waals surface area contributed by atoms with Crippen molar-refractivity contribution in [1.29, 1.82) is 0 Å². The topological polar surface area (TPSA) is 194 Å². The standard InChI is InChI=1S/C40H66O13/c1-18-7-10-28(51-36(18)48-6)19(2)23-8-9-24-22-16-27(42)26-15-21(11-13-40(26,5)25(22)12-14-39(23,24)4)50-38-35(33(46)31(44)29(17-41)52-38)53-37-34(47)32(45)30(43)20(3)49-37/h18-26,28-38,41,43-47H,7-17H2,1-6H3/t18?,19?,20-,21-,22?,23?,24?,25?,26?,28?,29+,30-,31+,32+,33-,34+,35+,36?,37-,38+,39+,40+/m0/s1. The van der Waals surface area contributed by atoms with Crippen LogP contribution >= 0.6 is 0 Å². The van der Waals surface area contributed by atoms with Gasteiger partial charge >= 0.3 is 0 Å². The van der Waals surface area contributed by atoms with Gasteiger partial charge in [-0.25, -0.2) is 0 Å². The van der Waals surface area contributed by atoms with Crippen molar-refractivity contribution < 1.29 is 63.9 Å². The molecule has 53 heavy (non-hydrogen) atoms. The van der Waals surface area contributed by atoms with E-state index in [0.717, 1.165) is 38.5 Å². The fourth-order valence-corrected chi connectivity index (χ4v) is 12.7. The van der Waals surface area contributed by atoms with Gasteiger partial charge in [0.2, 0.25) is 0 Å². The van der Waals surface area contributed by atoms with E-state index in [4.69, 9.17) is 28.4 Å². The molecule has 304 valence electrons. The third-order valence-electron chi connectivity index (χ3n) is 15.9. The van der Waals surface area contributed by atoms with Crippen LogP contribution in [0.1, 0.15) is 98.8 Å². The van der Waals surface area contributed by atoms with Crippen molar-refractivity contribution in [3.05, 3.63) is 0 Å². The maximum atomic E-state index is 14.3. The summed E-state index contributed by atoms with van der Waals surface area (Å²) in [6.07, 6.45) is -4.93. The monoisotopic (exact) mass is 754 g/mol. The van der Waals surface area contributed by atoms with Gasteiger partial charge in [0, 0.05) is 25.4 Å². The normalized spacial score (nSPS) is 55.2. The lowest BCUT2D eigenvalue weighted by Crippen LogP contribution is -2.64. The van der Waals surface area contributed by atoms with Gasteiger partial charge in [-0.05, 0) is 105 Å². The molecule has 13 nitrogen and oxygen atoms in total. The Bertz CT molecular complexity index is 1290. The van der Waals surface area contributed by atoms with Gasteiger partial charge in [0.05, 0.1) is 24.9 Å². The van der Waals surface area contributed by atoms with E-state index in [0.29, 0.717) is 54.8 Å². The van der Waals surface area contributed by atoms with Crippen molar-refractivity contribution in [2.75, 3.05) is 13.7 Å². The summed E-state index contributed by atoms with van der Waals surface area (Å²) in [6, 6.07) is 0. The molecule has 0 aromatic rings. The fourth-order valence-electron chi connectivity index (χ4n) is 12.7. The summed E-state index contributed by atoms with van der Waals surface area (Å²) in [6.45, 7) is 10.3. The summed E-state index contributed by atoms with van der Waals surface area (Å²) in [7, 11) is 1.74. The van der Waals surface area contributed by atoms with Crippen molar-refractivity contribution in [2.24, 2.45) is 52.3 Å². The molecular formula is C40H66O13. The highest BCUT2D eigenvalue weighted by atomic mass is 16.8. The van der Waals surface area contributed by atoms with Crippen molar-refractivity contribution in [1.82, 2.24) is 0 Å². The molecule has 3 aliphatic heterocycles.